The first-order valence-corrected chi connectivity index (χ1v) is 10.5. The molecule has 31 heavy (non-hydrogen) atoms. The Kier molecular flexibility index (Phi) is 9.89. The van der Waals surface area contributed by atoms with E-state index in [1.165, 1.54) is 11.8 Å². The first-order valence-electron chi connectivity index (χ1n) is 10.5. The molecule has 1 fully saturated rings. The predicted octanol–water partition coefficient (Wildman–Crippen LogP) is -1.19. The molecule has 1 aliphatic rings. The Morgan fingerprint density at radius 2 is 1.61 bits per heavy atom. The van der Waals surface area contributed by atoms with Gasteiger partial charge in [0.15, 0.2) is 0 Å². The normalized spacial score (nSPS) is 19.0. The molecule has 0 radical (unpaired) electrons. The van der Waals surface area contributed by atoms with Gasteiger partial charge in [-0.1, -0.05) is 27.7 Å². The van der Waals surface area contributed by atoms with Gasteiger partial charge < -0.3 is 31.7 Å². The smallest absolute Gasteiger partial charge is 0.322 e. The summed E-state index contributed by atoms with van der Waals surface area (Å²) in [5, 5.41) is 16.1. The van der Waals surface area contributed by atoms with Crippen molar-refractivity contribution in [3.05, 3.63) is 0 Å². The highest BCUT2D eigenvalue weighted by atomic mass is 16.4. The van der Waals surface area contributed by atoms with E-state index in [1.54, 1.807) is 13.8 Å². The van der Waals surface area contributed by atoms with Crippen LogP contribution < -0.4 is 21.7 Å². The van der Waals surface area contributed by atoms with Crippen LogP contribution in [-0.4, -0.2) is 76.9 Å². The summed E-state index contributed by atoms with van der Waals surface area (Å²) in [4.78, 5) is 62.1. The molecular formula is C20H35N5O6. The Labute approximate surface area is 182 Å². The largest absolute Gasteiger partial charge is 0.480 e. The number of carboxylic acid groups (broad SMARTS) is 1. The highest BCUT2D eigenvalue weighted by Crippen LogP contribution is 2.20. The third kappa shape index (κ3) is 7.50. The van der Waals surface area contributed by atoms with Gasteiger partial charge in [-0.05, 0) is 31.6 Å². The standard InChI is InChI=1S/C20H35N5O6/c1-10(2)15(21)20(31)25-8-6-7-13(25)18(29)23-12(5)17(28)24-16(11(3)4)19(30)22-9-14(26)27/h10-13,15-16H,6-9,21H2,1-5H3,(H,22,30)(H,23,29)(H,24,28)(H,26,27). The van der Waals surface area contributed by atoms with Gasteiger partial charge in [0.1, 0.15) is 24.7 Å². The molecule has 11 nitrogen and oxygen atoms in total. The van der Waals surface area contributed by atoms with Crippen LogP contribution in [0, 0.1) is 11.8 Å². The van der Waals surface area contributed by atoms with Crippen LogP contribution in [0.5, 0.6) is 0 Å². The lowest BCUT2D eigenvalue weighted by atomic mass is 10.0. The van der Waals surface area contributed by atoms with Gasteiger partial charge in [-0.15, -0.1) is 0 Å². The second kappa shape index (κ2) is 11.6. The van der Waals surface area contributed by atoms with Crippen LogP contribution in [0.25, 0.3) is 0 Å². The first kappa shape index (κ1) is 26.3. The third-order valence-corrected chi connectivity index (χ3v) is 5.25. The number of hydrogen-bond acceptors (Lipinski definition) is 6. The van der Waals surface area contributed by atoms with Crippen molar-refractivity contribution in [1.82, 2.24) is 20.9 Å². The number of nitrogens with zero attached hydrogens (tertiary/aromatic N) is 1. The fourth-order valence-corrected chi connectivity index (χ4v) is 3.24. The van der Waals surface area contributed by atoms with Crippen molar-refractivity contribution in [2.75, 3.05) is 13.1 Å². The van der Waals surface area contributed by atoms with Crippen LogP contribution in [0.2, 0.25) is 0 Å². The number of rotatable bonds is 10. The molecule has 0 saturated carbocycles. The molecule has 0 aromatic rings. The zero-order valence-electron chi connectivity index (χ0n) is 18.8. The molecule has 4 amide bonds. The monoisotopic (exact) mass is 441 g/mol. The van der Waals surface area contributed by atoms with Gasteiger partial charge in [0.25, 0.3) is 0 Å². The molecule has 4 atom stereocenters. The van der Waals surface area contributed by atoms with Gasteiger partial charge in [-0.25, -0.2) is 0 Å². The maximum atomic E-state index is 12.7. The van der Waals surface area contributed by atoms with Crippen molar-refractivity contribution in [2.45, 2.75) is 71.6 Å². The SMILES string of the molecule is CC(NC(=O)C1CCCN1C(=O)C(N)C(C)C)C(=O)NC(C(=O)NCC(=O)O)C(C)C. The van der Waals surface area contributed by atoms with Crippen LogP contribution in [0.15, 0.2) is 0 Å². The van der Waals surface area contributed by atoms with Gasteiger partial charge >= 0.3 is 5.97 Å². The summed E-state index contributed by atoms with van der Waals surface area (Å²) >= 11 is 0. The zero-order valence-corrected chi connectivity index (χ0v) is 18.8. The Morgan fingerprint density at radius 3 is 2.13 bits per heavy atom. The summed E-state index contributed by atoms with van der Waals surface area (Å²) in [5.41, 5.74) is 5.94. The average molecular weight is 442 g/mol. The van der Waals surface area contributed by atoms with Crippen LogP contribution in [0.4, 0.5) is 0 Å². The summed E-state index contributed by atoms with van der Waals surface area (Å²) in [6.45, 7) is 8.41. The molecule has 4 unspecified atom stereocenters. The van der Waals surface area contributed by atoms with E-state index in [4.69, 9.17) is 10.8 Å². The zero-order chi connectivity index (χ0) is 23.9. The molecule has 0 spiro atoms. The van der Waals surface area contributed by atoms with E-state index in [1.807, 2.05) is 13.8 Å². The molecule has 1 saturated heterocycles. The van der Waals surface area contributed by atoms with Crippen LogP contribution in [0.3, 0.4) is 0 Å². The van der Waals surface area contributed by atoms with Crippen LogP contribution >= 0.6 is 0 Å². The van der Waals surface area contributed by atoms with Crippen LogP contribution in [0.1, 0.15) is 47.5 Å². The van der Waals surface area contributed by atoms with Gasteiger partial charge in [-0.3, -0.25) is 24.0 Å². The second-order valence-electron chi connectivity index (χ2n) is 8.53. The van der Waals surface area contributed by atoms with Crippen molar-refractivity contribution in [1.29, 1.82) is 0 Å². The second-order valence-corrected chi connectivity index (χ2v) is 8.53. The lowest BCUT2D eigenvalue weighted by Crippen LogP contribution is -2.57. The van der Waals surface area contributed by atoms with E-state index in [2.05, 4.69) is 16.0 Å². The highest BCUT2D eigenvalue weighted by molar-refractivity contribution is 5.95. The van der Waals surface area contributed by atoms with Gasteiger partial charge in [0.05, 0.1) is 6.04 Å². The van der Waals surface area contributed by atoms with Gasteiger partial charge in [0.2, 0.25) is 23.6 Å². The minimum absolute atomic E-state index is 0.0678. The molecule has 11 heteroatoms. The fraction of sp³-hybridized carbons (Fsp3) is 0.750. The number of nitrogens with two attached hydrogens (primary N) is 1. The Balaban J connectivity index is 2.73. The van der Waals surface area contributed by atoms with Crippen molar-refractivity contribution in [3.8, 4) is 0 Å². The van der Waals surface area contributed by atoms with Crippen molar-refractivity contribution < 1.29 is 29.1 Å². The number of aliphatic carboxylic acids is 1. The molecule has 1 rings (SSSR count). The molecular weight excluding hydrogens is 406 g/mol. The molecule has 0 aromatic carbocycles. The van der Waals surface area contributed by atoms with Gasteiger partial charge in [-0.2, -0.15) is 0 Å². The van der Waals surface area contributed by atoms with Crippen molar-refractivity contribution in [2.24, 2.45) is 17.6 Å². The molecule has 6 N–H and O–H groups in total. The number of amides is 4. The number of likely N-dealkylation sites (tertiary alicyclic amines) is 1. The number of carbonyl (C=O) groups is 5. The molecule has 1 heterocycles. The molecule has 176 valence electrons. The quantitative estimate of drug-likeness (QED) is 0.283. The van der Waals surface area contributed by atoms with E-state index in [0.29, 0.717) is 19.4 Å². The predicted molar refractivity (Wildman–Crippen MR) is 113 cm³/mol. The van der Waals surface area contributed by atoms with E-state index < -0.39 is 54.4 Å². The third-order valence-electron chi connectivity index (χ3n) is 5.25. The van der Waals surface area contributed by atoms with E-state index in [0.717, 1.165) is 0 Å². The van der Waals surface area contributed by atoms with Crippen LogP contribution in [-0.2, 0) is 24.0 Å². The lowest BCUT2D eigenvalue weighted by molar-refractivity contribution is -0.141. The minimum Gasteiger partial charge on any atom is -0.480 e. The van der Waals surface area contributed by atoms with E-state index in [-0.39, 0.29) is 17.7 Å². The fourth-order valence-electron chi connectivity index (χ4n) is 3.24. The summed E-state index contributed by atoms with van der Waals surface area (Å²) in [5.74, 6) is -3.54. The number of hydrogen-bond donors (Lipinski definition) is 5. The number of carboxylic acids is 1. The number of carbonyl (C=O) groups excluding carboxylic acids is 4. The molecule has 0 bridgehead atoms. The Morgan fingerprint density at radius 1 is 1.00 bits per heavy atom. The van der Waals surface area contributed by atoms with Crippen molar-refractivity contribution in [3.63, 3.8) is 0 Å². The maximum absolute atomic E-state index is 12.7. The van der Waals surface area contributed by atoms with Gasteiger partial charge in [0, 0.05) is 6.54 Å². The minimum atomic E-state index is -1.20. The topological polar surface area (TPSA) is 171 Å². The number of nitrogens with one attached hydrogen (secondary N) is 3. The van der Waals surface area contributed by atoms with Crippen molar-refractivity contribution >= 4 is 29.6 Å². The molecule has 1 aliphatic heterocycles. The Hall–Kier alpha value is -2.69. The average Bonchev–Trinajstić information content (AvgIpc) is 3.18. The highest BCUT2D eigenvalue weighted by Gasteiger charge is 2.38. The van der Waals surface area contributed by atoms with E-state index >= 15 is 0 Å². The summed E-state index contributed by atoms with van der Waals surface area (Å²) in [7, 11) is 0. The summed E-state index contributed by atoms with van der Waals surface area (Å²) in [6.07, 6.45) is 1.14. The maximum Gasteiger partial charge on any atom is 0.322 e. The lowest BCUT2D eigenvalue weighted by Gasteiger charge is -2.29. The molecule has 0 aliphatic carbocycles. The summed E-state index contributed by atoms with van der Waals surface area (Å²) < 4.78 is 0. The Bertz CT molecular complexity index is 696. The summed E-state index contributed by atoms with van der Waals surface area (Å²) in [6, 6.07) is -3.32. The first-order chi connectivity index (χ1) is 14.4. The van der Waals surface area contributed by atoms with E-state index in [9.17, 15) is 24.0 Å². The molecule has 0 aromatic heterocycles.